The van der Waals surface area contributed by atoms with Crippen LogP contribution in [0.5, 0.6) is 0 Å². The van der Waals surface area contributed by atoms with Crippen LogP contribution in [0.15, 0.2) is 30.0 Å². The average Bonchev–Trinajstić information content (AvgIpc) is 2.10. The van der Waals surface area contributed by atoms with Gasteiger partial charge in [-0.3, -0.25) is 4.79 Å². The molecule has 1 rings (SSSR count). The largest absolute Gasteiger partial charge is 0.402 e. The highest BCUT2D eigenvalue weighted by molar-refractivity contribution is 5.99. The van der Waals surface area contributed by atoms with Crippen LogP contribution in [0, 0.1) is 5.82 Å². The summed E-state index contributed by atoms with van der Waals surface area (Å²) in [6.07, 6.45) is 1.22. The normalized spacial score (nSPS) is 11.2. The first-order chi connectivity index (χ1) is 6.99. The third-order valence-electron chi connectivity index (χ3n) is 1.63. The maximum absolute atomic E-state index is 13.0. The highest BCUT2D eigenvalue weighted by atomic mass is 19.1. The lowest BCUT2D eigenvalue weighted by Gasteiger charge is -2.03. The van der Waals surface area contributed by atoms with Crippen LogP contribution in [0.25, 0.3) is 0 Å². The highest BCUT2D eigenvalue weighted by Crippen LogP contribution is 2.15. The first-order valence-corrected chi connectivity index (χ1v) is 4.29. The lowest BCUT2D eigenvalue weighted by molar-refractivity contribution is -0.111. The van der Waals surface area contributed by atoms with Crippen molar-refractivity contribution in [3.05, 3.63) is 35.8 Å². The minimum Gasteiger partial charge on any atom is -0.402 e. The Hall–Kier alpha value is -2.04. The van der Waals surface area contributed by atoms with E-state index in [2.05, 4.69) is 5.32 Å². The SMILES string of the molecule is C/C(N)=C/C(=O)Nc1ccc(N)c(F)c1. The van der Waals surface area contributed by atoms with Crippen LogP contribution >= 0.6 is 0 Å². The topological polar surface area (TPSA) is 81.1 Å². The molecule has 5 N–H and O–H groups in total. The van der Waals surface area contributed by atoms with E-state index in [0.717, 1.165) is 6.07 Å². The number of anilines is 2. The van der Waals surface area contributed by atoms with Crippen LogP contribution < -0.4 is 16.8 Å². The van der Waals surface area contributed by atoms with Gasteiger partial charge in [0.1, 0.15) is 5.82 Å². The number of amides is 1. The molecule has 15 heavy (non-hydrogen) atoms. The number of carbonyl (C=O) groups excluding carboxylic acids is 1. The summed E-state index contributed by atoms with van der Waals surface area (Å²) in [5.74, 6) is -0.972. The Morgan fingerprint density at radius 2 is 2.20 bits per heavy atom. The molecule has 5 heteroatoms. The predicted octanol–water partition coefficient (Wildman–Crippen LogP) is 1.21. The summed E-state index contributed by atoms with van der Waals surface area (Å²) in [6.45, 7) is 1.59. The summed E-state index contributed by atoms with van der Waals surface area (Å²) in [7, 11) is 0. The fraction of sp³-hybridized carbons (Fsp3) is 0.100. The molecule has 1 aromatic rings. The molecule has 0 saturated heterocycles. The van der Waals surface area contributed by atoms with E-state index in [1.165, 1.54) is 18.2 Å². The maximum Gasteiger partial charge on any atom is 0.250 e. The standard InChI is InChI=1S/C10H12FN3O/c1-6(12)4-10(15)14-7-2-3-9(13)8(11)5-7/h2-5H,12-13H2,1H3,(H,14,15)/b6-4-. The zero-order chi connectivity index (χ0) is 11.4. The Labute approximate surface area is 86.8 Å². The zero-order valence-corrected chi connectivity index (χ0v) is 8.25. The molecule has 0 aliphatic carbocycles. The number of nitrogens with one attached hydrogen (secondary N) is 1. The van der Waals surface area contributed by atoms with E-state index in [1.54, 1.807) is 6.92 Å². The number of hydrogen-bond donors (Lipinski definition) is 3. The minimum atomic E-state index is -0.568. The van der Waals surface area contributed by atoms with E-state index in [1.807, 2.05) is 0 Å². The summed E-state index contributed by atoms with van der Waals surface area (Å²) in [5.41, 5.74) is 11.3. The predicted molar refractivity (Wildman–Crippen MR) is 57.4 cm³/mol. The van der Waals surface area contributed by atoms with Crippen molar-refractivity contribution in [2.24, 2.45) is 5.73 Å². The molecule has 0 spiro atoms. The third kappa shape index (κ3) is 3.30. The van der Waals surface area contributed by atoms with E-state index < -0.39 is 11.7 Å². The molecule has 0 aliphatic rings. The molecule has 0 saturated carbocycles. The molecule has 0 unspecified atom stereocenters. The van der Waals surface area contributed by atoms with Gasteiger partial charge in [0.2, 0.25) is 5.91 Å². The maximum atomic E-state index is 13.0. The molecule has 4 nitrogen and oxygen atoms in total. The number of carbonyl (C=O) groups is 1. The molecule has 0 radical (unpaired) electrons. The molecule has 0 fully saturated rings. The lowest BCUT2D eigenvalue weighted by atomic mass is 10.2. The van der Waals surface area contributed by atoms with E-state index >= 15 is 0 Å². The lowest BCUT2D eigenvalue weighted by Crippen LogP contribution is -2.10. The van der Waals surface area contributed by atoms with Crippen molar-refractivity contribution in [3.63, 3.8) is 0 Å². The van der Waals surface area contributed by atoms with Crippen LogP contribution in [0.3, 0.4) is 0 Å². The minimum absolute atomic E-state index is 0.0403. The first-order valence-electron chi connectivity index (χ1n) is 4.29. The van der Waals surface area contributed by atoms with Crippen molar-refractivity contribution >= 4 is 17.3 Å². The quantitative estimate of drug-likeness (QED) is 0.505. The van der Waals surface area contributed by atoms with Gasteiger partial charge in [-0.05, 0) is 25.1 Å². The van der Waals surface area contributed by atoms with E-state index in [-0.39, 0.29) is 5.69 Å². The molecule has 0 aliphatic heterocycles. The molecular weight excluding hydrogens is 197 g/mol. The molecule has 1 amide bonds. The number of nitrogens with two attached hydrogens (primary N) is 2. The second kappa shape index (κ2) is 4.45. The van der Waals surface area contributed by atoms with Gasteiger partial charge < -0.3 is 16.8 Å². The first kappa shape index (κ1) is 11.0. The number of benzene rings is 1. The van der Waals surface area contributed by atoms with Crippen LogP contribution in [-0.2, 0) is 4.79 Å². The van der Waals surface area contributed by atoms with Crippen molar-refractivity contribution in [2.75, 3.05) is 11.1 Å². The van der Waals surface area contributed by atoms with E-state index in [9.17, 15) is 9.18 Å². The number of allylic oxidation sites excluding steroid dienone is 1. The van der Waals surface area contributed by atoms with E-state index in [0.29, 0.717) is 11.4 Å². The molecule has 0 atom stereocenters. The number of rotatable bonds is 2. The molecular formula is C10H12FN3O. The molecule has 80 valence electrons. The summed E-state index contributed by atoms with van der Waals surface area (Å²) in [5, 5.41) is 2.45. The second-order valence-electron chi connectivity index (χ2n) is 3.11. The molecule has 0 heterocycles. The number of nitrogen functional groups attached to an aromatic ring is 1. The zero-order valence-electron chi connectivity index (χ0n) is 8.25. The van der Waals surface area contributed by atoms with Crippen molar-refractivity contribution in [1.82, 2.24) is 0 Å². The number of halogens is 1. The van der Waals surface area contributed by atoms with Crippen LogP contribution in [0.4, 0.5) is 15.8 Å². The second-order valence-corrected chi connectivity index (χ2v) is 3.11. The van der Waals surface area contributed by atoms with E-state index in [4.69, 9.17) is 11.5 Å². The molecule has 0 bridgehead atoms. The summed E-state index contributed by atoms with van der Waals surface area (Å²) < 4.78 is 13.0. The Bertz CT molecular complexity index is 411. The van der Waals surface area contributed by atoms with Gasteiger partial charge in [0.15, 0.2) is 0 Å². The van der Waals surface area contributed by atoms with Gasteiger partial charge >= 0.3 is 0 Å². The molecule has 0 aromatic heterocycles. The van der Waals surface area contributed by atoms with Crippen LogP contribution in [0.1, 0.15) is 6.92 Å². The highest BCUT2D eigenvalue weighted by Gasteiger charge is 2.02. The Morgan fingerprint density at radius 3 is 2.73 bits per heavy atom. The van der Waals surface area contributed by atoms with Crippen molar-refractivity contribution in [2.45, 2.75) is 6.92 Å². The summed E-state index contributed by atoms with van der Waals surface area (Å²) >= 11 is 0. The van der Waals surface area contributed by atoms with Crippen molar-refractivity contribution < 1.29 is 9.18 Å². The van der Waals surface area contributed by atoms with Crippen molar-refractivity contribution in [1.29, 1.82) is 0 Å². The van der Waals surface area contributed by atoms with Gasteiger partial charge in [-0.2, -0.15) is 0 Å². The fourth-order valence-electron chi connectivity index (χ4n) is 0.990. The van der Waals surface area contributed by atoms with Crippen molar-refractivity contribution in [3.8, 4) is 0 Å². The van der Waals surface area contributed by atoms with Gasteiger partial charge in [-0.15, -0.1) is 0 Å². The molecule has 1 aromatic carbocycles. The smallest absolute Gasteiger partial charge is 0.250 e. The van der Waals surface area contributed by atoms with Gasteiger partial charge in [0.25, 0.3) is 0 Å². The Kier molecular flexibility index (Phi) is 3.28. The summed E-state index contributed by atoms with van der Waals surface area (Å²) in [6, 6.07) is 4.03. The Balaban J connectivity index is 2.78. The monoisotopic (exact) mass is 209 g/mol. The third-order valence-corrected chi connectivity index (χ3v) is 1.63. The van der Waals surface area contributed by atoms with Gasteiger partial charge in [-0.1, -0.05) is 0 Å². The van der Waals surface area contributed by atoms with Gasteiger partial charge in [0, 0.05) is 17.5 Å². The Morgan fingerprint density at radius 1 is 1.53 bits per heavy atom. The average molecular weight is 209 g/mol. The number of hydrogen-bond acceptors (Lipinski definition) is 3. The van der Waals surface area contributed by atoms with Gasteiger partial charge in [0.05, 0.1) is 5.69 Å². The van der Waals surface area contributed by atoms with Crippen LogP contribution in [-0.4, -0.2) is 5.91 Å². The fourth-order valence-corrected chi connectivity index (χ4v) is 0.990. The van der Waals surface area contributed by atoms with Gasteiger partial charge in [-0.25, -0.2) is 4.39 Å². The van der Waals surface area contributed by atoms with Crippen LogP contribution in [0.2, 0.25) is 0 Å². The summed E-state index contributed by atoms with van der Waals surface area (Å²) in [4.78, 5) is 11.2.